The molecule has 78 valence electrons. The zero-order valence-electron chi connectivity index (χ0n) is 8.46. The van der Waals surface area contributed by atoms with E-state index < -0.39 is 0 Å². The van der Waals surface area contributed by atoms with Crippen LogP contribution in [0.1, 0.15) is 25.0 Å². The monoisotopic (exact) mass is 196 g/mol. The third-order valence-electron chi connectivity index (χ3n) is 2.44. The number of phenols is 2. The first-order chi connectivity index (χ1) is 6.54. The molecule has 1 aromatic rings. The molecule has 4 nitrogen and oxygen atoms in total. The smallest absolute Gasteiger partial charge is 0.145 e. The number of nitrogen functional groups attached to an aromatic ring is 2. The minimum Gasteiger partial charge on any atom is -0.505 e. The summed E-state index contributed by atoms with van der Waals surface area (Å²) in [5.41, 5.74) is 13.0. The van der Waals surface area contributed by atoms with Crippen LogP contribution >= 0.6 is 0 Å². The van der Waals surface area contributed by atoms with Crippen LogP contribution in [0.5, 0.6) is 11.5 Å². The van der Waals surface area contributed by atoms with Crippen LogP contribution in [0.4, 0.5) is 11.4 Å². The van der Waals surface area contributed by atoms with Gasteiger partial charge in [0.05, 0.1) is 11.4 Å². The zero-order valence-corrected chi connectivity index (χ0v) is 8.46. The van der Waals surface area contributed by atoms with Crippen molar-refractivity contribution in [3.8, 4) is 11.5 Å². The summed E-state index contributed by atoms with van der Waals surface area (Å²) in [6.07, 6.45) is 1.08. The number of aromatic hydroxyl groups is 2. The lowest BCUT2D eigenvalue weighted by atomic mass is 10.0. The molecule has 0 aromatic heterocycles. The molecule has 1 aromatic carbocycles. The van der Waals surface area contributed by atoms with Crippen LogP contribution in [0.25, 0.3) is 0 Å². The van der Waals surface area contributed by atoms with Gasteiger partial charge in [-0.1, -0.05) is 13.8 Å². The predicted octanol–water partition coefficient (Wildman–Crippen LogP) is 1.39. The zero-order chi connectivity index (χ0) is 10.9. The molecule has 14 heavy (non-hydrogen) atoms. The number of nitrogens with two attached hydrogens (primary N) is 2. The normalized spacial score (nSPS) is 10.4. The van der Waals surface area contributed by atoms with E-state index in [2.05, 4.69) is 0 Å². The van der Waals surface area contributed by atoms with Crippen LogP contribution in [-0.4, -0.2) is 10.2 Å². The summed E-state index contributed by atoms with van der Waals surface area (Å²) < 4.78 is 0. The molecule has 0 aliphatic heterocycles. The molecule has 4 heteroatoms. The lowest BCUT2D eigenvalue weighted by Gasteiger charge is -2.15. The van der Waals surface area contributed by atoms with Crippen LogP contribution in [0.3, 0.4) is 0 Å². The molecule has 0 unspecified atom stereocenters. The number of anilines is 2. The fourth-order valence-corrected chi connectivity index (χ4v) is 1.58. The van der Waals surface area contributed by atoms with Gasteiger partial charge in [-0.3, -0.25) is 0 Å². The Morgan fingerprint density at radius 1 is 0.857 bits per heavy atom. The maximum Gasteiger partial charge on any atom is 0.145 e. The summed E-state index contributed by atoms with van der Waals surface area (Å²) >= 11 is 0. The Kier molecular flexibility index (Phi) is 2.74. The van der Waals surface area contributed by atoms with Gasteiger partial charge in [-0.15, -0.1) is 0 Å². The van der Waals surface area contributed by atoms with Crippen LogP contribution in [0, 0.1) is 0 Å². The quantitative estimate of drug-likeness (QED) is 0.326. The van der Waals surface area contributed by atoms with Crippen LogP contribution in [0.2, 0.25) is 0 Å². The van der Waals surface area contributed by atoms with Gasteiger partial charge >= 0.3 is 0 Å². The maximum absolute atomic E-state index is 9.67. The SMILES string of the molecule is CCc1c(N)c(O)c(CC)c(O)c1N. The summed E-state index contributed by atoms with van der Waals surface area (Å²) in [4.78, 5) is 0. The highest BCUT2D eigenvalue weighted by atomic mass is 16.3. The predicted molar refractivity (Wildman–Crippen MR) is 57.4 cm³/mol. The van der Waals surface area contributed by atoms with E-state index in [9.17, 15) is 10.2 Å². The molecule has 0 amide bonds. The van der Waals surface area contributed by atoms with Gasteiger partial charge in [0.1, 0.15) is 11.5 Å². The van der Waals surface area contributed by atoms with Crippen molar-refractivity contribution >= 4 is 11.4 Å². The Balaban J connectivity index is 3.55. The van der Waals surface area contributed by atoms with Gasteiger partial charge in [0.2, 0.25) is 0 Å². The van der Waals surface area contributed by atoms with E-state index in [0.29, 0.717) is 24.0 Å². The highest BCUT2D eigenvalue weighted by Gasteiger charge is 2.17. The minimum absolute atomic E-state index is 0.0453. The van der Waals surface area contributed by atoms with E-state index in [-0.39, 0.29) is 22.9 Å². The van der Waals surface area contributed by atoms with Crippen molar-refractivity contribution < 1.29 is 10.2 Å². The van der Waals surface area contributed by atoms with Crippen LogP contribution in [-0.2, 0) is 12.8 Å². The molecule has 6 N–H and O–H groups in total. The van der Waals surface area contributed by atoms with Gasteiger partial charge in [-0.25, -0.2) is 0 Å². The highest BCUT2D eigenvalue weighted by Crippen LogP contribution is 2.41. The van der Waals surface area contributed by atoms with Crippen LogP contribution in [0.15, 0.2) is 0 Å². The number of phenolic OH excluding ortho intramolecular Hbond substituents is 2. The molecule has 0 radical (unpaired) electrons. The van der Waals surface area contributed by atoms with Gasteiger partial charge in [-0.05, 0) is 12.8 Å². The molecule has 1 rings (SSSR count). The standard InChI is InChI=1S/C10H16N2O2/c1-3-5-7(11)9(13)6(4-2)10(14)8(5)12/h13-14H,3-4,11-12H2,1-2H3. The Morgan fingerprint density at radius 2 is 1.21 bits per heavy atom. The second-order valence-electron chi connectivity index (χ2n) is 3.19. The van der Waals surface area contributed by atoms with Crippen molar-refractivity contribution in [3.05, 3.63) is 11.1 Å². The lowest BCUT2D eigenvalue weighted by molar-refractivity contribution is 0.442. The number of rotatable bonds is 2. The number of hydrogen-bond acceptors (Lipinski definition) is 4. The number of hydrogen-bond donors (Lipinski definition) is 4. The maximum atomic E-state index is 9.67. The third-order valence-corrected chi connectivity index (χ3v) is 2.44. The second-order valence-corrected chi connectivity index (χ2v) is 3.19. The molecule has 0 heterocycles. The van der Waals surface area contributed by atoms with E-state index in [1.54, 1.807) is 0 Å². The molecule has 0 saturated carbocycles. The second kappa shape index (κ2) is 3.65. The Bertz CT molecular complexity index is 298. The van der Waals surface area contributed by atoms with Gasteiger partial charge in [0, 0.05) is 11.1 Å². The molecule has 0 saturated heterocycles. The number of benzene rings is 1. The Morgan fingerprint density at radius 3 is 1.50 bits per heavy atom. The van der Waals surface area contributed by atoms with Crippen molar-refractivity contribution in [3.63, 3.8) is 0 Å². The fraction of sp³-hybridized carbons (Fsp3) is 0.400. The molecule has 0 fully saturated rings. The summed E-state index contributed by atoms with van der Waals surface area (Å²) in [6, 6.07) is 0. The van der Waals surface area contributed by atoms with E-state index in [4.69, 9.17) is 11.5 Å². The average molecular weight is 196 g/mol. The van der Waals surface area contributed by atoms with E-state index in [1.165, 1.54) is 0 Å². The Hall–Kier alpha value is -1.58. The van der Waals surface area contributed by atoms with E-state index >= 15 is 0 Å². The summed E-state index contributed by atoms with van der Waals surface area (Å²) in [6.45, 7) is 3.69. The minimum atomic E-state index is -0.0453. The van der Waals surface area contributed by atoms with Gasteiger partial charge in [0.25, 0.3) is 0 Å². The largest absolute Gasteiger partial charge is 0.505 e. The molecule has 0 bridgehead atoms. The van der Waals surface area contributed by atoms with Crippen molar-refractivity contribution in [2.24, 2.45) is 0 Å². The lowest BCUT2D eigenvalue weighted by Crippen LogP contribution is -2.03. The summed E-state index contributed by atoms with van der Waals surface area (Å²) in [5.74, 6) is -0.0906. The van der Waals surface area contributed by atoms with Gasteiger partial charge in [-0.2, -0.15) is 0 Å². The fourth-order valence-electron chi connectivity index (χ4n) is 1.58. The molecule has 0 spiro atoms. The van der Waals surface area contributed by atoms with Gasteiger partial charge < -0.3 is 21.7 Å². The van der Waals surface area contributed by atoms with Gasteiger partial charge in [0.15, 0.2) is 0 Å². The summed E-state index contributed by atoms with van der Waals surface area (Å²) in [5, 5.41) is 19.3. The molecule has 0 aliphatic carbocycles. The first-order valence-corrected chi connectivity index (χ1v) is 4.65. The van der Waals surface area contributed by atoms with Crippen molar-refractivity contribution in [2.75, 3.05) is 11.5 Å². The molecule has 0 atom stereocenters. The topological polar surface area (TPSA) is 92.5 Å². The molecular formula is C10H16N2O2. The highest BCUT2D eigenvalue weighted by molar-refractivity contribution is 5.77. The van der Waals surface area contributed by atoms with E-state index in [1.807, 2.05) is 13.8 Å². The van der Waals surface area contributed by atoms with E-state index in [0.717, 1.165) is 0 Å². The molecular weight excluding hydrogens is 180 g/mol. The van der Waals surface area contributed by atoms with Crippen molar-refractivity contribution in [1.29, 1.82) is 0 Å². The first kappa shape index (κ1) is 10.5. The van der Waals surface area contributed by atoms with Crippen molar-refractivity contribution in [1.82, 2.24) is 0 Å². The third kappa shape index (κ3) is 1.32. The molecule has 0 aliphatic rings. The Labute approximate surface area is 83.2 Å². The first-order valence-electron chi connectivity index (χ1n) is 4.65. The summed E-state index contributed by atoms with van der Waals surface area (Å²) in [7, 11) is 0. The van der Waals surface area contributed by atoms with Crippen LogP contribution < -0.4 is 11.5 Å². The average Bonchev–Trinajstić information content (AvgIpc) is 2.17. The van der Waals surface area contributed by atoms with Crippen molar-refractivity contribution in [2.45, 2.75) is 26.7 Å².